The predicted molar refractivity (Wildman–Crippen MR) is 96.5 cm³/mol. The van der Waals surface area contributed by atoms with E-state index >= 15 is 0 Å². The van der Waals surface area contributed by atoms with E-state index in [4.69, 9.17) is 0 Å². The van der Waals surface area contributed by atoms with Crippen LogP contribution in [0.5, 0.6) is 0 Å². The number of carbonyl (C=O) groups is 1. The van der Waals surface area contributed by atoms with Crippen LogP contribution in [-0.2, 0) is 21.2 Å². The van der Waals surface area contributed by atoms with E-state index in [1.807, 2.05) is 12.1 Å². The third kappa shape index (κ3) is 4.46. The molecule has 2 aromatic rings. The molecule has 0 aromatic heterocycles. The van der Waals surface area contributed by atoms with Gasteiger partial charge in [0.05, 0.1) is 10.9 Å². The lowest BCUT2D eigenvalue weighted by molar-refractivity contribution is -0.121. The predicted octanol–water partition coefficient (Wildman–Crippen LogP) is 2.55. The average Bonchev–Trinajstić information content (AvgIpc) is 2.63. The molecule has 3 rings (SSSR count). The molecule has 0 radical (unpaired) electrons. The molecule has 0 heterocycles. The SMILES string of the molecule is O=C(CCNS(=O)(=O)c1ccccc1)NC1CCCc2ccccc21. The lowest BCUT2D eigenvalue weighted by atomic mass is 9.88. The van der Waals surface area contributed by atoms with Crippen molar-refractivity contribution in [2.75, 3.05) is 6.54 Å². The Morgan fingerprint density at radius 1 is 1.04 bits per heavy atom. The molecule has 25 heavy (non-hydrogen) atoms. The van der Waals surface area contributed by atoms with Crippen LogP contribution in [0.15, 0.2) is 59.5 Å². The van der Waals surface area contributed by atoms with Gasteiger partial charge >= 0.3 is 0 Å². The number of nitrogens with one attached hydrogen (secondary N) is 2. The van der Waals surface area contributed by atoms with Gasteiger partial charge in [0.2, 0.25) is 15.9 Å². The number of sulfonamides is 1. The van der Waals surface area contributed by atoms with Crippen molar-refractivity contribution in [1.29, 1.82) is 0 Å². The zero-order chi connectivity index (χ0) is 17.7. The van der Waals surface area contributed by atoms with Gasteiger partial charge in [-0.05, 0) is 42.5 Å². The molecule has 6 heteroatoms. The molecular weight excluding hydrogens is 336 g/mol. The first-order chi connectivity index (χ1) is 12.1. The molecule has 2 aromatic carbocycles. The normalized spacial score (nSPS) is 16.9. The van der Waals surface area contributed by atoms with E-state index in [0.29, 0.717) is 0 Å². The van der Waals surface area contributed by atoms with E-state index in [0.717, 1.165) is 19.3 Å². The molecule has 0 spiro atoms. The monoisotopic (exact) mass is 358 g/mol. The summed E-state index contributed by atoms with van der Waals surface area (Å²) in [5, 5.41) is 3.03. The summed E-state index contributed by atoms with van der Waals surface area (Å²) in [7, 11) is -3.57. The Hall–Kier alpha value is -2.18. The van der Waals surface area contributed by atoms with Crippen molar-refractivity contribution in [2.45, 2.75) is 36.6 Å². The third-order valence-electron chi connectivity index (χ3n) is 4.40. The minimum Gasteiger partial charge on any atom is -0.349 e. The van der Waals surface area contributed by atoms with Crippen molar-refractivity contribution >= 4 is 15.9 Å². The quantitative estimate of drug-likeness (QED) is 0.833. The summed E-state index contributed by atoms with van der Waals surface area (Å²) in [6.45, 7) is 0.0808. The van der Waals surface area contributed by atoms with Crippen LogP contribution in [-0.4, -0.2) is 20.9 Å². The van der Waals surface area contributed by atoms with E-state index in [9.17, 15) is 13.2 Å². The average molecular weight is 358 g/mol. The highest BCUT2D eigenvalue weighted by Gasteiger charge is 2.21. The molecule has 0 fully saturated rings. The molecule has 1 aliphatic rings. The summed E-state index contributed by atoms with van der Waals surface area (Å²) in [5.74, 6) is -0.141. The van der Waals surface area contributed by atoms with Crippen LogP contribution < -0.4 is 10.0 Å². The maximum atomic E-state index is 12.2. The molecule has 0 bridgehead atoms. The fourth-order valence-electron chi connectivity index (χ4n) is 3.15. The second-order valence-corrected chi connectivity index (χ2v) is 7.94. The fraction of sp³-hybridized carbons (Fsp3) is 0.316. The summed E-state index contributed by atoms with van der Waals surface area (Å²) < 4.78 is 26.7. The standard InChI is InChI=1S/C19H22N2O3S/c22-19(13-14-20-25(23,24)16-9-2-1-3-10-16)21-18-12-6-8-15-7-4-5-11-17(15)18/h1-5,7,9-11,18,20H,6,8,12-14H2,(H,21,22). The van der Waals surface area contributed by atoms with Gasteiger partial charge in [0.15, 0.2) is 0 Å². The lowest BCUT2D eigenvalue weighted by Gasteiger charge is -2.26. The molecular formula is C19H22N2O3S. The van der Waals surface area contributed by atoms with Gasteiger partial charge in [0.25, 0.3) is 0 Å². The lowest BCUT2D eigenvalue weighted by Crippen LogP contribution is -2.34. The van der Waals surface area contributed by atoms with Crippen LogP contribution in [0, 0.1) is 0 Å². The van der Waals surface area contributed by atoms with Crippen molar-refractivity contribution in [3.8, 4) is 0 Å². The van der Waals surface area contributed by atoms with Crippen LogP contribution in [0.1, 0.15) is 36.4 Å². The van der Waals surface area contributed by atoms with Crippen molar-refractivity contribution in [2.24, 2.45) is 0 Å². The maximum Gasteiger partial charge on any atom is 0.240 e. The van der Waals surface area contributed by atoms with Gasteiger partial charge in [-0.2, -0.15) is 0 Å². The summed E-state index contributed by atoms with van der Waals surface area (Å²) in [6.07, 6.45) is 3.12. The summed E-state index contributed by atoms with van der Waals surface area (Å²) in [6, 6.07) is 16.3. The minimum absolute atomic E-state index is 0.0168. The maximum absolute atomic E-state index is 12.2. The first-order valence-electron chi connectivity index (χ1n) is 8.48. The van der Waals surface area contributed by atoms with Crippen LogP contribution in [0.3, 0.4) is 0 Å². The first-order valence-corrected chi connectivity index (χ1v) is 9.96. The second-order valence-electron chi connectivity index (χ2n) is 6.17. The van der Waals surface area contributed by atoms with E-state index in [2.05, 4.69) is 22.2 Å². The summed E-state index contributed by atoms with van der Waals surface area (Å²) in [5.41, 5.74) is 2.45. The van der Waals surface area contributed by atoms with Gasteiger partial charge in [-0.3, -0.25) is 4.79 Å². The van der Waals surface area contributed by atoms with Crippen molar-refractivity contribution in [3.05, 3.63) is 65.7 Å². The zero-order valence-electron chi connectivity index (χ0n) is 13.9. The molecule has 0 aliphatic heterocycles. The number of aryl methyl sites for hydroxylation is 1. The molecule has 1 unspecified atom stereocenters. The van der Waals surface area contributed by atoms with Crippen LogP contribution >= 0.6 is 0 Å². The molecule has 5 nitrogen and oxygen atoms in total. The Balaban J connectivity index is 1.53. The Morgan fingerprint density at radius 3 is 2.56 bits per heavy atom. The van der Waals surface area contributed by atoms with Crippen molar-refractivity contribution in [1.82, 2.24) is 10.0 Å². The molecule has 1 amide bonds. The zero-order valence-corrected chi connectivity index (χ0v) is 14.8. The number of carbonyl (C=O) groups excluding carboxylic acids is 1. The number of benzene rings is 2. The van der Waals surface area contributed by atoms with E-state index in [-0.39, 0.29) is 29.8 Å². The Morgan fingerprint density at radius 2 is 1.76 bits per heavy atom. The molecule has 1 atom stereocenters. The van der Waals surface area contributed by atoms with E-state index < -0.39 is 10.0 Å². The Kier molecular flexibility index (Phi) is 5.50. The highest BCUT2D eigenvalue weighted by atomic mass is 32.2. The van der Waals surface area contributed by atoms with Gasteiger partial charge in [0, 0.05) is 13.0 Å². The fourth-order valence-corrected chi connectivity index (χ4v) is 4.21. The number of hydrogen-bond donors (Lipinski definition) is 2. The smallest absolute Gasteiger partial charge is 0.240 e. The highest BCUT2D eigenvalue weighted by molar-refractivity contribution is 7.89. The van der Waals surface area contributed by atoms with Crippen molar-refractivity contribution < 1.29 is 13.2 Å². The van der Waals surface area contributed by atoms with Gasteiger partial charge in [-0.15, -0.1) is 0 Å². The molecule has 132 valence electrons. The largest absolute Gasteiger partial charge is 0.349 e. The second kappa shape index (κ2) is 7.80. The molecule has 1 aliphatic carbocycles. The third-order valence-corrected chi connectivity index (χ3v) is 5.88. The molecule has 0 saturated carbocycles. The summed E-state index contributed by atoms with van der Waals surface area (Å²) >= 11 is 0. The number of amides is 1. The highest BCUT2D eigenvalue weighted by Crippen LogP contribution is 2.29. The topological polar surface area (TPSA) is 75.3 Å². The van der Waals surface area contributed by atoms with E-state index in [1.54, 1.807) is 18.2 Å². The number of fused-ring (bicyclic) bond motifs is 1. The van der Waals surface area contributed by atoms with Gasteiger partial charge in [-0.25, -0.2) is 13.1 Å². The first kappa shape index (κ1) is 17.6. The van der Waals surface area contributed by atoms with Gasteiger partial charge in [-0.1, -0.05) is 42.5 Å². The Bertz CT molecular complexity index is 835. The van der Waals surface area contributed by atoms with Crippen molar-refractivity contribution in [3.63, 3.8) is 0 Å². The van der Waals surface area contributed by atoms with Crippen LogP contribution in [0.25, 0.3) is 0 Å². The van der Waals surface area contributed by atoms with Crippen LogP contribution in [0.2, 0.25) is 0 Å². The van der Waals surface area contributed by atoms with Crippen LogP contribution in [0.4, 0.5) is 0 Å². The number of hydrogen-bond acceptors (Lipinski definition) is 3. The molecule has 2 N–H and O–H groups in total. The minimum atomic E-state index is -3.57. The van der Waals surface area contributed by atoms with Gasteiger partial charge in [0.1, 0.15) is 0 Å². The Labute approximate surface area is 148 Å². The summed E-state index contributed by atoms with van der Waals surface area (Å²) in [4.78, 5) is 12.4. The number of rotatable bonds is 6. The molecule has 0 saturated heterocycles. The van der Waals surface area contributed by atoms with Gasteiger partial charge < -0.3 is 5.32 Å². The van der Waals surface area contributed by atoms with E-state index in [1.165, 1.54) is 23.3 Å².